The van der Waals surface area contributed by atoms with Crippen molar-refractivity contribution < 1.29 is 49.6 Å². The Labute approximate surface area is 183 Å². The van der Waals surface area contributed by atoms with Gasteiger partial charge >= 0.3 is 0 Å². The maximum atomic E-state index is 12.9. The molecule has 1 fully saturated rings. The number of phenols is 2. The number of aliphatic hydroxyl groups excluding tert-OH is 4. The van der Waals surface area contributed by atoms with Crippen LogP contribution in [0.2, 0.25) is 0 Å². The Morgan fingerprint density at radius 1 is 1.03 bits per heavy atom. The number of aryl methyl sites for hydroxylation is 1. The molecule has 10 nitrogen and oxygen atoms in total. The SMILES string of the molecule is COc1ccc(CCC(=O)c2c(O)cc(O)cc2O[C@@H]2O[C@@H](CO)[C@@H](O)[C@H](O)[C@@H]2O)cc1. The lowest BCUT2D eigenvalue weighted by molar-refractivity contribution is -0.277. The van der Waals surface area contributed by atoms with Crippen LogP contribution in [-0.2, 0) is 11.2 Å². The quantitative estimate of drug-likeness (QED) is 0.304. The Balaban J connectivity index is 1.80. The molecule has 0 aromatic heterocycles. The molecule has 0 unspecified atom stereocenters. The molecule has 174 valence electrons. The van der Waals surface area contributed by atoms with Gasteiger partial charge in [0, 0.05) is 18.6 Å². The van der Waals surface area contributed by atoms with Gasteiger partial charge in [0.05, 0.1) is 13.7 Å². The lowest BCUT2D eigenvalue weighted by Gasteiger charge is -2.39. The zero-order chi connectivity index (χ0) is 23.4. The summed E-state index contributed by atoms with van der Waals surface area (Å²) in [6.07, 6.45) is -7.46. The van der Waals surface area contributed by atoms with E-state index < -0.39 is 54.6 Å². The molecule has 0 radical (unpaired) electrons. The molecular weight excluding hydrogens is 424 g/mol. The summed E-state index contributed by atoms with van der Waals surface area (Å²) in [7, 11) is 1.54. The van der Waals surface area contributed by atoms with Crippen LogP contribution < -0.4 is 9.47 Å². The van der Waals surface area contributed by atoms with Crippen molar-refractivity contribution in [1.82, 2.24) is 0 Å². The molecule has 5 atom stereocenters. The molecule has 1 saturated heterocycles. The van der Waals surface area contributed by atoms with Crippen molar-refractivity contribution in [3.05, 3.63) is 47.5 Å². The van der Waals surface area contributed by atoms with E-state index in [9.17, 15) is 35.4 Å². The normalized spacial score (nSPS) is 25.3. The van der Waals surface area contributed by atoms with Crippen LogP contribution >= 0.6 is 0 Å². The van der Waals surface area contributed by atoms with Crippen molar-refractivity contribution in [3.63, 3.8) is 0 Å². The van der Waals surface area contributed by atoms with E-state index in [2.05, 4.69) is 0 Å². The third-order valence-corrected chi connectivity index (χ3v) is 5.24. The second-order valence-electron chi connectivity index (χ2n) is 7.42. The molecule has 10 heteroatoms. The van der Waals surface area contributed by atoms with Gasteiger partial charge in [0.15, 0.2) is 5.78 Å². The number of carbonyl (C=O) groups is 1. The molecule has 1 aliphatic rings. The predicted molar refractivity (Wildman–Crippen MR) is 110 cm³/mol. The van der Waals surface area contributed by atoms with Crippen LogP contribution in [0.4, 0.5) is 0 Å². The first kappa shape index (κ1) is 23.8. The molecule has 0 bridgehead atoms. The summed E-state index contributed by atoms with van der Waals surface area (Å²) in [4.78, 5) is 12.9. The third-order valence-electron chi connectivity index (χ3n) is 5.24. The highest BCUT2D eigenvalue weighted by atomic mass is 16.7. The zero-order valence-electron chi connectivity index (χ0n) is 17.3. The Morgan fingerprint density at radius 3 is 2.34 bits per heavy atom. The first-order valence-corrected chi connectivity index (χ1v) is 9.94. The maximum Gasteiger partial charge on any atom is 0.229 e. The van der Waals surface area contributed by atoms with Gasteiger partial charge in [-0.25, -0.2) is 0 Å². The number of hydrogen-bond acceptors (Lipinski definition) is 10. The van der Waals surface area contributed by atoms with E-state index in [1.54, 1.807) is 31.4 Å². The minimum atomic E-state index is -1.72. The lowest BCUT2D eigenvalue weighted by Crippen LogP contribution is -2.60. The molecule has 3 rings (SSSR count). The van der Waals surface area contributed by atoms with E-state index in [4.69, 9.17) is 14.2 Å². The number of ketones is 1. The molecule has 32 heavy (non-hydrogen) atoms. The molecule has 2 aromatic rings. The largest absolute Gasteiger partial charge is 0.508 e. The van der Waals surface area contributed by atoms with Crippen molar-refractivity contribution in [1.29, 1.82) is 0 Å². The van der Waals surface area contributed by atoms with Crippen LogP contribution in [0.5, 0.6) is 23.0 Å². The van der Waals surface area contributed by atoms with E-state index in [0.717, 1.165) is 17.7 Å². The third kappa shape index (κ3) is 5.12. The Morgan fingerprint density at radius 2 is 1.72 bits per heavy atom. The number of aromatic hydroxyl groups is 2. The summed E-state index contributed by atoms with van der Waals surface area (Å²) in [5.74, 6) is -1.06. The number of rotatable bonds is 8. The molecule has 0 amide bonds. The van der Waals surface area contributed by atoms with Gasteiger partial charge < -0.3 is 44.8 Å². The van der Waals surface area contributed by atoms with Gasteiger partial charge in [-0.15, -0.1) is 0 Å². The zero-order valence-corrected chi connectivity index (χ0v) is 17.3. The highest BCUT2D eigenvalue weighted by Crippen LogP contribution is 2.36. The Bertz CT molecular complexity index is 927. The predicted octanol–water partition coefficient (Wildman–Crippen LogP) is 0.101. The summed E-state index contributed by atoms with van der Waals surface area (Å²) in [6, 6.07) is 9.14. The van der Waals surface area contributed by atoms with E-state index in [1.165, 1.54) is 0 Å². The summed E-state index contributed by atoms with van der Waals surface area (Å²) in [6.45, 7) is -0.663. The second kappa shape index (κ2) is 10.2. The minimum absolute atomic E-state index is 0.00426. The average Bonchev–Trinajstić information content (AvgIpc) is 2.77. The smallest absolute Gasteiger partial charge is 0.229 e. The van der Waals surface area contributed by atoms with Crippen molar-refractivity contribution in [2.75, 3.05) is 13.7 Å². The summed E-state index contributed by atoms with van der Waals surface area (Å²) >= 11 is 0. The number of benzene rings is 2. The number of Topliss-reactive ketones (excluding diaryl/α,β-unsaturated/α-hetero) is 1. The molecule has 0 aliphatic carbocycles. The Hall–Kier alpha value is -2.89. The van der Waals surface area contributed by atoms with Gasteiger partial charge in [0.1, 0.15) is 53.0 Å². The van der Waals surface area contributed by atoms with Crippen LogP contribution in [0, 0.1) is 0 Å². The van der Waals surface area contributed by atoms with Gasteiger partial charge in [0.25, 0.3) is 0 Å². The number of ether oxygens (including phenoxy) is 3. The average molecular weight is 450 g/mol. The molecule has 0 spiro atoms. The van der Waals surface area contributed by atoms with Gasteiger partial charge in [0.2, 0.25) is 6.29 Å². The Kier molecular flexibility index (Phi) is 7.54. The number of carbonyl (C=O) groups excluding carboxylic acids is 1. The summed E-state index contributed by atoms with van der Waals surface area (Å²) in [5.41, 5.74) is 0.613. The fourth-order valence-corrected chi connectivity index (χ4v) is 3.42. The molecular formula is C22H26O10. The van der Waals surface area contributed by atoms with Crippen LogP contribution in [0.15, 0.2) is 36.4 Å². The molecule has 1 heterocycles. The first-order valence-electron chi connectivity index (χ1n) is 9.94. The summed E-state index contributed by atoms with van der Waals surface area (Å²) < 4.78 is 15.9. The molecule has 1 aliphatic heterocycles. The monoisotopic (exact) mass is 450 g/mol. The highest BCUT2D eigenvalue weighted by Gasteiger charge is 2.45. The van der Waals surface area contributed by atoms with Gasteiger partial charge in [-0.05, 0) is 24.1 Å². The van der Waals surface area contributed by atoms with E-state index in [0.29, 0.717) is 12.2 Å². The lowest BCUT2D eigenvalue weighted by atomic mass is 9.99. The number of phenolic OH excluding ortho intramolecular Hbond substituents is 2. The first-order chi connectivity index (χ1) is 15.2. The van der Waals surface area contributed by atoms with E-state index in [-0.39, 0.29) is 17.7 Å². The molecule has 6 N–H and O–H groups in total. The van der Waals surface area contributed by atoms with Gasteiger partial charge in [-0.3, -0.25) is 4.79 Å². The standard InChI is InChI=1S/C22H26O10/c1-30-13-5-2-11(3-6-13)4-7-14(25)18-15(26)8-12(24)9-16(18)31-22-21(29)20(28)19(27)17(10-23)32-22/h2-3,5-6,8-9,17,19-24,26-29H,4,7,10H2,1H3/t17-,19+,20-,21-,22+/m0/s1. The van der Waals surface area contributed by atoms with Crippen molar-refractivity contribution >= 4 is 5.78 Å². The van der Waals surface area contributed by atoms with E-state index >= 15 is 0 Å². The second-order valence-corrected chi connectivity index (χ2v) is 7.42. The number of methoxy groups -OCH3 is 1. The van der Waals surface area contributed by atoms with E-state index in [1.807, 2.05) is 0 Å². The van der Waals surface area contributed by atoms with Crippen LogP contribution in [0.25, 0.3) is 0 Å². The van der Waals surface area contributed by atoms with Crippen molar-refractivity contribution in [2.45, 2.75) is 43.5 Å². The fraction of sp³-hybridized carbons (Fsp3) is 0.409. The summed E-state index contributed by atoms with van der Waals surface area (Å²) in [5, 5.41) is 59.5. The van der Waals surface area contributed by atoms with Gasteiger partial charge in [-0.2, -0.15) is 0 Å². The van der Waals surface area contributed by atoms with Crippen molar-refractivity contribution in [3.8, 4) is 23.0 Å². The fourth-order valence-electron chi connectivity index (χ4n) is 3.42. The molecule has 2 aromatic carbocycles. The van der Waals surface area contributed by atoms with Crippen LogP contribution in [-0.4, -0.2) is 80.8 Å². The number of hydrogen-bond donors (Lipinski definition) is 6. The minimum Gasteiger partial charge on any atom is -0.508 e. The van der Waals surface area contributed by atoms with Crippen LogP contribution in [0.3, 0.4) is 0 Å². The van der Waals surface area contributed by atoms with Gasteiger partial charge in [-0.1, -0.05) is 12.1 Å². The molecule has 0 saturated carbocycles. The maximum absolute atomic E-state index is 12.9. The highest BCUT2D eigenvalue weighted by molar-refractivity contribution is 6.01. The van der Waals surface area contributed by atoms with Crippen molar-refractivity contribution in [2.24, 2.45) is 0 Å². The van der Waals surface area contributed by atoms with Crippen LogP contribution in [0.1, 0.15) is 22.3 Å². The number of aliphatic hydroxyl groups is 4. The topological polar surface area (TPSA) is 166 Å².